The first-order valence-electron chi connectivity index (χ1n) is 22.1. The van der Waals surface area contributed by atoms with Gasteiger partial charge in [0.25, 0.3) is 0 Å². The molecule has 2 atom stereocenters. The van der Waals surface area contributed by atoms with Gasteiger partial charge in [0.1, 0.15) is 19.8 Å². The second-order valence-corrected chi connectivity index (χ2v) is 17.5. The van der Waals surface area contributed by atoms with Crippen LogP contribution in [0.5, 0.6) is 0 Å². The van der Waals surface area contributed by atoms with Gasteiger partial charge in [-0.1, -0.05) is 141 Å². The lowest BCUT2D eigenvalue weighted by atomic mass is 10.1. The second-order valence-electron chi connectivity index (χ2n) is 16.1. The number of esters is 2. The zero-order valence-electron chi connectivity index (χ0n) is 35.7. The minimum absolute atomic E-state index is 0.0313. The first-order valence-corrected chi connectivity index (χ1v) is 23.6. The van der Waals surface area contributed by atoms with Crippen molar-refractivity contribution in [2.45, 2.75) is 200 Å². The highest BCUT2D eigenvalue weighted by Crippen LogP contribution is 2.43. The summed E-state index contributed by atoms with van der Waals surface area (Å²) >= 11 is 0. The molecular formula is C44H85NO8P+. The Bertz CT molecular complexity index is 980. The Hall–Kier alpha value is -1.51. The molecule has 0 saturated carbocycles. The molecule has 0 heterocycles. The number of nitrogens with zero attached hydrogens (tertiary/aromatic N) is 1. The topological polar surface area (TPSA) is 108 Å². The van der Waals surface area contributed by atoms with Crippen molar-refractivity contribution < 1.29 is 42.1 Å². The summed E-state index contributed by atoms with van der Waals surface area (Å²) < 4.78 is 34.3. The smallest absolute Gasteiger partial charge is 0.462 e. The van der Waals surface area contributed by atoms with E-state index in [1.807, 2.05) is 21.1 Å². The number of phosphoric ester groups is 1. The third kappa shape index (κ3) is 40.2. The van der Waals surface area contributed by atoms with Gasteiger partial charge in [-0.2, -0.15) is 0 Å². The average molecular weight is 787 g/mol. The van der Waals surface area contributed by atoms with Crippen molar-refractivity contribution in [2.24, 2.45) is 0 Å². The fraction of sp³-hybridized carbons (Fsp3) is 0.864. The van der Waals surface area contributed by atoms with Gasteiger partial charge in [-0.05, 0) is 64.2 Å². The van der Waals surface area contributed by atoms with Gasteiger partial charge in [0.2, 0.25) is 0 Å². The molecule has 0 fully saturated rings. The molecule has 0 spiro atoms. The molecule has 0 rings (SSSR count). The van der Waals surface area contributed by atoms with Gasteiger partial charge in [-0.15, -0.1) is 0 Å². The fourth-order valence-corrected chi connectivity index (χ4v) is 6.69. The standard InChI is InChI=1S/C44H84NO8P/c1-6-8-10-12-14-16-18-20-22-24-26-28-30-32-34-36-43(46)50-40-42(41-52-54(48,49)51-39-38-45(3,4)5)53-44(47)37-35-33-31-29-27-25-23-21-19-17-15-13-11-9-7-2/h16-19,42H,6-15,20-41H2,1-5H3/p+1/b18-16-,19-17-/t42-/m1/s1. The summed E-state index contributed by atoms with van der Waals surface area (Å²) in [5.41, 5.74) is 0. The maximum atomic E-state index is 12.7. The SMILES string of the molecule is CCCCCC/C=C\CCCCCCCCCC(=O)OC[C@H](COP(=O)(O)OCC[N+](C)(C)C)OC(=O)CCCCCCCCC/C=C\CCCCCC. The summed E-state index contributed by atoms with van der Waals surface area (Å²) in [5.74, 6) is -0.805. The lowest BCUT2D eigenvalue weighted by molar-refractivity contribution is -0.870. The minimum atomic E-state index is -4.37. The molecule has 0 aliphatic rings. The van der Waals surface area contributed by atoms with Crippen LogP contribution in [0.3, 0.4) is 0 Å². The van der Waals surface area contributed by atoms with Gasteiger partial charge in [0.15, 0.2) is 6.10 Å². The van der Waals surface area contributed by atoms with Crippen LogP contribution in [0.1, 0.15) is 194 Å². The van der Waals surface area contributed by atoms with Gasteiger partial charge < -0.3 is 18.9 Å². The van der Waals surface area contributed by atoms with Gasteiger partial charge in [-0.25, -0.2) is 4.57 Å². The Kier molecular flexibility index (Phi) is 36.1. The first-order chi connectivity index (χ1) is 26.0. The number of rotatable bonds is 40. The summed E-state index contributed by atoms with van der Waals surface area (Å²) in [4.78, 5) is 35.3. The molecule has 0 aliphatic carbocycles. The van der Waals surface area contributed by atoms with Crippen LogP contribution >= 0.6 is 7.82 Å². The predicted octanol–water partition coefficient (Wildman–Crippen LogP) is 12.4. The van der Waals surface area contributed by atoms with Gasteiger partial charge in [0.05, 0.1) is 27.7 Å². The third-order valence-corrected chi connectivity index (χ3v) is 10.4. The number of likely N-dealkylation sites (N-methyl/N-ethyl adjacent to an activating group) is 1. The Balaban J connectivity index is 4.36. The lowest BCUT2D eigenvalue weighted by Gasteiger charge is -2.24. The Labute approximate surface area is 332 Å². The van der Waals surface area contributed by atoms with Crippen LogP contribution in [0.4, 0.5) is 0 Å². The van der Waals surface area contributed by atoms with Crippen molar-refractivity contribution >= 4 is 19.8 Å². The van der Waals surface area contributed by atoms with Crippen LogP contribution in [-0.2, 0) is 32.7 Å². The van der Waals surface area contributed by atoms with E-state index in [0.29, 0.717) is 17.4 Å². The van der Waals surface area contributed by atoms with Gasteiger partial charge >= 0.3 is 19.8 Å². The number of hydrogen-bond acceptors (Lipinski definition) is 7. The molecule has 0 radical (unpaired) electrons. The second kappa shape index (κ2) is 37.1. The number of carbonyl (C=O) groups is 2. The van der Waals surface area contributed by atoms with Crippen molar-refractivity contribution in [3.63, 3.8) is 0 Å². The summed E-state index contributed by atoms with van der Waals surface area (Å²) in [7, 11) is 1.47. The van der Waals surface area contributed by atoms with Crippen LogP contribution in [-0.4, -0.2) is 74.9 Å². The van der Waals surface area contributed by atoms with E-state index in [9.17, 15) is 19.0 Å². The molecule has 0 bridgehead atoms. The van der Waals surface area contributed by atoms with Crippen molar-refractivity contribution in [3.8, 4) is 0 Å². The predicted molar refractivity (Wildman–Crippen MR) is 224 cm³/mol. The molecule has 0 aromatic carbocycles. The largest absolute Gasteiger partial charge is 0.472 e. The summed E-state index contributed by atoms with van der Waals surface area (Å²) in [6, 6.07) is 0. The monoisotopic (exact) mass is 787 g/mol. The van der Waals surface area contributed by atoms with Crippen LogP contribution in [0, 0.1) is 0 Å². The van der Waals surface area contributed by atoms with Crippen molar-refractivity contribution in [3.05, 3.63) is 24.3 Å². The zero-order valence-corrected chi connectivity index (χ0v) is 36.6. The minimum Gasteiger partial charge on any atom is -0.462 e. The van der Waals surface area contributed by atoms with E-state index in [4.69, 9.17) is 18.5 Å². The summed E-state index contributed by atoms with van der Waals surface area (Å²) in [6.07, 6.45) is 39.3. The Morgan fingerprint density at radius 2 is 0.944 bits per heavy atom. The molecule has 1 unspecified atom stereocenters. The quantitative estimate of drug-likeness (QED) is 0.0215. The van der Waals surface area contributed by atoms with Gasteiger partial charge in [-0.3, -0.25) is 18.6 Å². The Morgan fingerprint density at radius 1 is 0.556 bits per heavy atom. The molecule has 318 valence electrons. The van der Waals surface area contributed by atoms with Crippen molar-refractivity contribution in [1.82, 2.24) is 0 Å². The molecule has 9 nitrogen and oxygen atoms in total. The van der Waals surface area contributed by atoms with E-state index in [-0.39, 0.29) is 32.0 Å². The molecule has 0 amide bonds. The maximum Gasteiger partial charge on any atom is 0.472 e. The third-order valence-electron chi connectivity index (χ3n) is 9.45. The van der Waals surface area contributed by atoms with Crippen LogP contribution in [0.15, 0.2) is 24.3 Å². The number of carbonyl (C=O) groups excluding carboxylic acids is 2. The molecule has 10 heteroatoms. The molecule has 1 N–H and O–H groups in total. The van der Waals surface area contributed by atoms with Crippen LogP contribution < -0.4 is 0 Å². The van der Waals surface area contributed by atoms with E-state index in [0.717, 1.165) is 44.9 Å². The number of hydrogen-bond donors (Lipinski definition) is 1. The van der Waals surface area contributed by atoms with E-state index in [1.54, 1.807) is 0 Å². The first kappa shape index (κ1) is 52.5. The highest BCUT2D eigenvalue weighted by molar-refractivity contribution is 7.47. The van der Waals surface area contributed by atoms with E-state index in [2.05, 4.69) is 38.2 Å². The summed E-state index contributed by atoms with van der Waals surface area (Å²) in [6.45, 7) is 4.39. The molecule has 0 aromatic rings. The van der Waals surface area contributed by atoms with E-state index < -0.39 is 26.5 Å². The average Bonchev–Trinajstić information content (AvgIpc) is 3.12. The number of ether oxygens (including phenoxy) is 2. The maximum absolute atomic E-state index is 12.7. The number of allylic oxidation sites excluding steroid dienone is 4. The van der Waals surface area contributed by atoms with Crippen LogP contribution in [0.25, 0.3) is 0 Å². The number of phosphoric acid groups is 1. The zero-order chi connectivity index (χ0) is 40.0. The highest BCUT2D eigenvalue weighted by atomic mass is 31.2. The van der Waals surface area contributed by atoms with Crippen molar-refractivity contribution in [1.29, 1.82) is 0 Å². The van der Waals surface area contributed by atoms with Gasteiger partial charge in [0, 0.05) is 12.8 Å². The highest BCUT2D eigenvalue weighted by Gasteiger charge is 2.27. The van der Waals surface area contributed by atoms with Crippen molar-refractivity contribution in [2.75, 3.05) is 47.5 Å². The van der Waals surface area contributed by atoms with E-state index in [1.165, 1.54) is 116 Å². The van der Waals surface area contributed by atoms with Crippen LogP contribution in [0.2, 0.25) is 0 Å². The van der Waals surface area contributed by atoms with E-state index >= 15 is 0 Å². The Morgan fingerprint density at radius 3 is 1.37 bits per heavy atom. The molecule has 0 saturated heterocycles. The fourth-order valence-electron chi connectivity index (χ4n) is 5.94. The lowest BCUT2D eigenvalue weighted by Crippen LogP contribution is -2.37. The molecule has 54 heavy (non-hydrogen) atoms. The summed E-state index contributed by atoms with van der Waals surface area (Å²) in [5, 5.41) is 0. The normalized spacial score (nSPS) is 13.8. The molecule has 0 aromatic heterocycles. The molecular weight excluding hydrogens is 701 g/mol. The molecule has 0 aliphatic heterocycles. The number of unbranched alkanes of at least 4 members (excludes halogenated alkanes) is 22. The number of quaternary nitrogens is 1.